The molecule has 4 nitrogen and oxygen atoms in total. The molecule has 4 heteroatoms. The molecule has 18 heavy (non-hydrogen) atoms. The Morgan fingerprint density at radius 2 is 2.00 bits per heavy atom. The van der Waals surface area contributed by atoms with Gasteiger partial charge in [-0.1, -0.05) is 13.0 Å². The van der Waals surface area contributed by atoms with Crippen molar-refractivity contribution in [3.8, 4) is 5.75 Å². The fraction of sp³-hybridized carbons (Fsp3) is 0.357. The molecular formula is C14H19NO3. The number of rotatable bonds is 6. The monoisotopic (exact) mass is 249 g/mol. The van der Waals surface area contributed by atoms with Crippen LogP contribution in [0.25, 0.3) is 0 Å². The lowest BCUT2D eigenvalue weighted by atomic mass is 10.2. The molecule has 0 saturated carbocycles. The Labute approximate surface area is 107 Å². The maximum Gasteiger partial charge on any atom is 0.331 e. The Morgan fingerprint density at radius 1 is 1.39 bits per heavy atom. The second kappa shape index (κ2) is 6.69. The first-order chi connectivity index (χ1) is 8.58. The number of ether oxygens (including phenoxy) is 1. The molecule has 0 aromatic heterocycles. The van der Waals surface area contributed by atoms with Crippen molar-refractivity contribution in [2.24, 2.45) is 0 Å². The molecule has 0 amide bonds. The second-order valence-electron chi connectivity index (χ2n) is 3.97. The van der Waals surface area contributed by atoms with E-state index in [1.807, 2.05) is 43.1 Å². The van der Waals surface area contributed by atoms with E-state index < -0.39 is 5.97 Å². The van der Waals surface area contributed by atoms with Gasteiger partial charge in [0.1, 0.15) is 5.75 Å². The smallest absolute Gasteiger partial charge is 0.331 e. The summed E-state index contributed by atoms with van der Waals surface area (Å²) < 4.78 is 5.09. The summed E-state index contributed by atoms with van der Waals surface area (Å²) in [7, 11) is 3.55. The fourth-order valence-electron chi connectivity index (χ4n) is 1.57. The Morgan fingerprint density at radius 3 is 2.44 bits per heavy atom. The third-order valence-electron chi connectivity index (χ3n) is 2.78. The van der Waals surface area contributed by atoms with Gasteiger partial charge in [-0.2, -0.15) is 0 Å². The first kappa shape index (κ1) is 14.1. The van der Waals surface area contributed by atoms with E-state index in [9.17, 15) is 4.79 Å². The van der Waals surface area contributed by atoms with Crippen molar-refractivity contribution in [1.29, 1.82) is 0 Å². The van der Waals surface area contributed by atoms with Crippen LogP contribution in [0.2, 0.25) is 0 Å². The Kier molecular flexibility index (Phi) is 5.24. The van der Waals surface area contributed by atoms with E-state index in [0.29, 0.717) is 18.5 Å². The molecule has 0 aliphatic heterocycles. The maximum atomic E-state index is 10.9. The fourth-order valence-corrected chi connectivity index (χ4v) is 1.57. The van der Waals surface area contributed by atoms with Crippen LogP contribution in [0.5, 0.6) is 5.75 Å². The van der Waals surface area contributed by atoms with Gasteiger partial charge in [0.15, 0.2) is 0 Å². The van der Waals surface area contributed by atoms with Gasteiger partial charge in [0.2, 0.25) is 0 Å². The quantitative estimate of drug-likeness (QED) is 0.787. The molecule has 0 spiro atoms. The SMILES string of the molecule is CCC(=CCN(C)c1ccc(OC)cc1)C(=O)O. The van der Waals surface area contributed by atoms with Crippen molar-refractivity contribution in [1.82, 2.24) is 0 Å². The summed E-state index contributed by atoms with van der Waals surface area (Å²) in [5.41, 5.74) is 1.46. The molecule has 1 rings (SSSR count). The van der Waals surface area contributed by atoms with Gasteiger partial charge < -0.3 is 14.7 Å². The second-order valence-corrected chi connectivity index (χ2v) is 3.97. The zero-order chi connectivity index (χ0) is 13.5. The molecule has 0 radical (unpaired) electrons. The van der Waals surface area contributed by atoms with Gasteiger partial charge in [-0.15, -0.1) is 0 Å². The molecule has 0 bridgehead atoms. The molecule has 1 aromatic rings. The normalized spacial score (nSPS) is 11.2. The van der Waals surface area contributed by atoms with Crippen LogP contribution < -0.4 is 9.64 Å². The Bertz CT molecular complexity index is 423. The minimum atomic E-state index is -0.847. The van der Waals surface area contributed by atoms with E-state index in [1.165, 1.54) is 0 Å². The van der Waals surface area contributed by atoms with Crippen LogP contribution in [-0.4, -0.2) is 31.8 Å². The molecule has 0 fully saturated rings. The molecular weight excluding hydrogens is 230 g/mol. The lowest BCUT2D eigenvalue weighted by Crippen LogP contribution is -2.17. The van der Waals surface area contributed by atoms with Gasteiger partial charge in [0, 0.05) is 24.9 Å². The minimum Gasteiger partial charge on any atom is -0.497 e. The number of aliphatic carboxylic acids is 1. The summed E-state index contributed by atoms with van der Waals surface area (Å²) in [5, 5.41) is 8.92. The van der Waals surface area contributed by atoms with Crippen molar-refractivity contribution >= 4 is 11.7 Å². The van der Waals surface area contributed by atoms with Crippen molar-refractivity contribution in [3.63, 3.8) is 0 Å². The highest BCUT2D eigenvalue weighted by Gasteiger charge is 2.05. The molecule has 1 N–H and O–H groups in total. The summed E-state index contributed by atoms with van der Waals surface area (Å²) >= 11 is 0. The number of carboxylic acid groups (broad SMARTS) is 1. The highest BCUT2D eigenvalue weighted by Crippen LogP contribution is 2.18. The first-order valence-electron chi connectivity index (χ1n) is 5.86. The van der Waals surface area contributed by atoms with E-state index in [-0.39, 0.29) is 0 Å². The number of carboxylic acids is 1. The van der Waals surface area contributed by atoms with Gasteiger partial charge in [-0.05, 0) is 30.7 Å². The predicted molar refractivity (Wildman–Crippen MR) is 72.3 cm³/mol. The largest absolute Gasteiger partial charge is 0.497 e. The van der Waals surface area contributed by atoms with Gasteiger partial charge in [0.05, 0.1) is 7.11 Å². The molecule has 0 atom stereocenters. The lowest BCUT2D eigenvalue weighted by Gasteiger charge is -2.17. The van der Waals surface area contributed by atoms with E-state index in [1.54, 1.807) is 13.2 Å². The number of carbonyl (C=O) groups is 1. The Balaban J connectivity index is 2.69. The number of methoxy groups -OCH3 is 1. The zero-order valence-corrected chi connectivity index (χ0v) is 11.0. The van der Waals surface area contributed by atoms with Crippen LogP contribution >= 0.6 is 0 Å². The van der Waals surface area contributed by atoms with Gasteiger partial charge >= 0.3 is 5.97 Å². The van der Waals surface area contributed by atoms with Crippen LogP contribution in [-0.2, 0) is 4.79 Å². The zero-order valence-electron chi connectivity index (χ0n) is 11.0. The number of hydrogen-bond donors (Lipinski definition) is 1. The molecule has 98 valence electrons. The Hall–Kier alpha value is -1.97. The van der Waals surface area contributed by atoms with Gasteiger partial charge in [-0.3, -0.25) is 0 Å². The molecule has 1 aromatic carbocycles. The predicted octanol–water partition coefficient (Wildman–Crippen LogP) is 2.55. The van der Waals surface area contributed by atoms with Gasteiger partial charge in [0.25, 0.3) is 0 Å². The number of likely N-dealkylation sites (N-methyl/N-ethyl adjacent to an activating group) is 1. The van der Waals surface area contributed by atoms with E-state index in [4.69, 9.17) is 9.84 Å². The third kappa shape index (κ3) is 3.80. The van der Waals surface area contributed by atoms with Crippen LogP contribution in [0.15, 0.2) is 35.9 Å². The number of benzene rings is 1. The summed E-state index contributed by atoms with van der Waals surface area (Å²) in [6.07, 6.45) is 2.28. The average molecular weight is 249 g/mol. The minimum absolute atomic E-state index is 0.440. The summed E-state index contributed by atoms with van der Waals surface area (Å²) in [6.45, 7) is 2.41. The van der Waals surface area contributed by atoms with Gasteiger partial charge in [-0.25, -0.2) is 4.79 Å². The summed E-state index contributed by atoms with van der Waals surface area (Å²) in [4.78, 5) is 12.8. The first-order valence-corrected chi connectivity index (χ1v) is 5.86. The summed E-state index contributed by atoms with van der Waals surface area (Å²) in [6, 6.07) is 7.65. The van der Waals surface area contributed by atoms with Crippen molar-refractivity contribution in [3.05, 3.63) is 35.9 Å². The van der Waals surface area contributed by atoms with Crippen molar-refractivity contribution in [2.45, 2.75) is 13.3 Å². The molecule has 0 heterocycles. The van der Waals surface area contributed by atoms with Crippen LogP contribution in [0, 0.1) is 0 Å². The van der Waals surface area contributed by atoms with Crippen molar-refractivity contribution < 1.29 is 14.6 Å². The standard InChI is InChI=1S/C14H19NO3/c1-4-11(14(16)17)9-10-15(2)12-5-7-13(18-3)8-6-12/h5-9H,4,10H2,1-3H3,(H,16,17). The molecule has 0 unspecified atom stereocenters. The van der Waals surface area contributed by atoms with Crippen LogP contribution in [0.3, 0.4) is 0 Å². The van der Waals surface area contributed by atoms with Crippen molar-refractivity contribution in [2.75, 3.05) is 25.6 Å². The van der Waals surface area contributed by atoms with Crippen LogP contribution in [0.4, 0.5) is 5.69 Å². The van der Waals surface area contributed by atoms with E-state index >= 15 is 0 Å². The molecule has 0 saturated heterocycles. The summed E-state index contributed by atoms with van der Waals surface area (Å²) in [5.74, 6) is -0.0388. The highest BCUT2D eigenvalue weighted by molar-refractivity contribution is 5.86. The highest BCUT2D eigenvalue weighted by atomic mass is 16.5. The van der Waals surface area contributed by atoms with Crippen LogP contribution in [0.1, 0.15) is 13.3 Å². The van der Waals surface area contributed by atoms with E-state index in [0.717, 1.165) is 11.4 Å². The number of anilines is 1. The number of nitrogens with zero attached hydrogens (tertiary/aromatic N) is 1. The number of hydrogen-bond acceptors (Lipinski definition) is 3. The topological polar surface area (TPSA) is 49.8 Å². The third-order valence-corrected chi connectivity index (χ3v) is 2.78. The molecule has 0 aliphatic rings. The molecule has 0 aliphatic carbocycles. The van der Waals surface area contributed by atoms with E-state index in [2.05, 4.69) is 0 Å². The lowest BCUT2D eigenvalue weighted by molar-refractivity contribution is -0.132. The maximum absolute atomic E-state index is 10.9. The average Bonchev–Trinajstić information content (AvgIpc) is 2.39.